The summed E-state index contributed by atoms with van der Waals surface area (Å²) >= 11 is 0. The molecule has 1 aromatic carbocycles. The molecule has 0 unspecified atom stereocenters. The number of H-pyrrole nitrogens is 1. The van der Waals surface area contributed by atoms with Crippen molar-refractivity contribution in [2.45, 2.75) is 26.7 Å². The Balaban J connectivity index is 1.52. The number of carbonyl (C=O) groups excluding carboxylic acids is 1. The Morgan fingerprint density at radius 1 is 1.32 bits per heavy atom. The fourth-order valence-electron chi connectivity index (χ4n) is 3.45. The van der Waals surface area contributed by atoms with Gasteiger partial charge in [0.15, 0.2) is 17.4 Å². The van der Waals surface area contributed by atoms with Gasteiger partial charge in [0.05, 0.1) is 18.6 Å². The largest absolute Gasteiger partial charge is 0.450 e. The number of carbonyl (C=O) groups is 1. The zero-order valence-electron chi connectivity index (χ0n) is 17.5. The number of aromatic nitrogens is 2. The highest BCUT2D eigenvalue weighted by molar-refractivity contribution is 5.89. The number of urea groups is 1. The number of anilines is 1. The number of aromatic amines is 1. The van der Waals surface area contributed by atoms with Gasteiger partial charge in [0, 0.05) is 42.2 Å². The van der Waals surface area contributed by atoms with Gasteiger partial charge < -0.3 is 25.1 Å². The lowest BCUT2D eigenvalue weighted by molar-refractivity contribution is -0.0974. The second-order valence-electron chi connectivity index (χ2n) is 8.41. The van der Waals surface area contributed by atoms with Gasteiger partial charge in [0.2, 0.25) is 0 Å². The number of hydrogen-bond acceptors (Lipinski definition) is 4. The summed E-state index contributed by atoms with van der Waals surface area (Å²) in [5.74, 6) is -1.95. The van der Waals surface area contributed by atoms with Crippen molar-refractivity contribution in [3.63, 3.8) is 0 Å². The van der Waals surface area contributed by atoms with Crippen LogP contribution in [-0.2, 0) is 4.74 Å². The van der Waals surface area contributed by atoms with E-state index in [-0.39, 0.29) is 17.0 Å². The minimum absolute atomic E-state index is 0.0146. The maximum absolute atomic E-state index is 14.7. The molecule has 3 heterocycles. The average Bonchev–Trinajstić information content (AvgIpc) is 3.13. The highest BCUT2D eigenvalue weighted by Crippen LogP contribution is 2.37. The van der Waals surface area contributed by atoms with Gasteiger partial charge in [-0.25, -0.2) is 18.6 Å². The Kier molecular flexibility index (Phi) is 5.53. The predicted molar refractivity (Wildman–Crippen MR) is 113 cm³/mol. The van der Waals surface area contributed by atoms with Crippen LogP contribution < -0.4 is 15.4 Å². The van der Waals surface area contributed by atoms with Crippen molar-refractivity contribution in [1.29, 1.82) is 0 Å². The minimum atomic E-state index is -0.929. The van der Waals surface area contributed by atoms with E-state index in [0.29, 0.717) is 36.5 Å². The summed E-state index contributed by atoms with van der Waals surface area (Å²) in [6, 6.07) is 3.05. The van der Waals surface area contributed by atoms with Crippen LogP contribution in [0.2, 0.25) is 0 Å². The van der Waals surface area contributed by atoms with Gasteiger partial charge in [-0.2, -0.15) is 0 Å². The van der Waals surface area contributed by atoms with Crippen molar-refractivity contribution >= 4 is 22.8 Å². The molecule has 2 amide bonds. The molecule has 9 heteroatoms. The molecule has 1 aliphatic heterocycles. The standard InChI is InChI=1S/C22H24F2N4O3/c1-12(2)14-8-26-20-18(14)17(4-5-25-20)31-19-15(23)6-13(7-16(19)24)28-21(29)27-9-22(3)10-30-11-22/h4-8,12H,9-11H2,1-3H3,(H,25,26)(H2,27,28,29). The monoisotopic (exact) mass is 430 g/mol. The second kappa shape index (κ2) is 8.14. The number of benzene rings is 1. The molecule has 0 bridgehead atoms. The number of amides is 2. The van der Waals surface area contributed by atoms with Crippen LogP contribution in [0.15, 0.2) is 30.6 Å². The number of halogens is 2. The van der Waals surface area contributed by atoms with Crippen LogP contribution in [0.1, 0.15) is 32.3 Å². The van der Waals surface area contributed by atoms with E-state index >= 15 is 0 Å². The van der Waals surface area contributed by atoms with Crippen LogP contribution in [0.3, 0.4) is 0 Å². The zero-order valence-corrected chi connectivity index (χ0v) is 17.5. The van der Waals surface area contributed by atoms with E-state index < -0.39 is 23.4 Å². The zero-order chi connectivity index (χ0) is 22.2. The van der Waals surface area contributed by atoms with Crippen LogP contribution in [0.5, 0.6) is 11.5 Å². The van der Waals surface area contributed by atoms with Crippen molar-refractivity contribution in [2.24, 2.45) is 5.41 Å². The third-order valence-corrected chi connectivity index (χ3v) is 5.23. The Morgan fingerprint density at radius 3 is 2.65 bits per heavy atom. The molecule has 31 heavy (non-hydrogen) atoms. The number of rotatable bonds is 6. The van der Waals surface area contributed by atoms with E-state index in [2.05, 4.69) is 20.6 Å². The molecule has 164 valence electrons. The van der Waals surface area contributed by atoms with Gasteiger partial charge >= 0.3 is 6.03 Å². The third-order valence-electron chi connectivity index (χ3n) is 5.23. The molecule has 0 radical (unpaired) electrons. The van der Waals surface area contributed by atoms with E-state index in [1.54, 1.807) is 6.07 Å². The number of hydrogen-bond donors (Lipinski definition) is 3. The summed E-state index contributed by atoms with van der Waals surface area (Å²) < 4.78 is 40.1. The molecule has 1 aliphatic rings. The number of ether oxygens (including phenoxy) is 2. The number of fused-ring (bicyclic) bond motifs is 1. The molecule has 0 atom stereocenters. The average molecular weight is 430 g/mol. The molecule has 1 saturated heterocycles. The van der Waals surface area contributed by atoms with E-state index in [1.807, 2.05) is 27.0 Å². The van der Waals surface area contributed by atoms with Crippen LogP contribution in [0.25, 0.3) is 11.0 Å². The van der Waals surface area contributed by atoms with Crippen LogP contribution in [0, 0.1) is 17.0 Å². The smallest absolute Gasteiger partial charge is 0.319 e. The fraction of sp³-hybridized carbons (Fsp3) is 0.364. The first-order valence-corrected chi connectivity index (χ1v) is 10.0. The second-order valence-corrected chi connectivity index (χ2v) is 8.41. The maximum atomic E-state index is 14.7. The van der Waals surface area contributed by atoms with Gasteiger partial charge in [-0.05, 0) is 17.5 Å². The van der Waals surface area contributed by atoms with Crippen LogP contribution in [0.4, 0.5) is 19.3 Å². The van der Waals surface area contributed by atoms with Crippen molar-refractivity contribution in [3.05, 3.63) is 47.8 Å². The molecular formula is C22H24F2N4O3. The predicted octanol–water partition coefficient (Wildman–Crippen LogP) is 4.91. The Hall–Kier alpha value is -3.20. The quantitative estimate of drug-likeness (QED) is 0.518. The van der Waals surface area contributed by atoms with E-state index in [9.17, 15) is 13.6 Å². The lowest BCUT2D eigenvalue weighted by Gasteiger charge is -2.37. The van der Waals surface area contributed by atoms with Crippen molar-refractivity contribution in [3.8, 4) is 11.5 Å². The SMILES string of the molecule is CC(C)c1c[nH]c2nccc(Oc3c(F)cc(NC(=O)NCC4(C)COC4)cc3F)c12. The summed E-state index contributed by atoms with van der Waals surface area (Å²) in [6.45, 7) is 7.51. The topological polar surface area (TPSA) is 88.3 Å². The van der Waals surface area contributed by atoms with E-state index in [0.717, 1.165) is 17.7 Å². The summed E-state index contributed by atoms with van der Waals surface area (Å²) in [4.78, 5) is 19.3. The normalized spacial score (nSPS) is 15.0. The molecule has 3 N–H and O–H groups in total. The Labute approximate surface area is 178 Å². The molecule has 7 nitrogen and oxygen atoms in total. The first kappa shape index (κ1) is 21.0. The fourth-order valence-corrected chi connectivity index (χ4v) is 3.45. The van der Waals surface area contributed by atoms with Gasteiger partial charge in [0.25, 0.3) is 0 Å². The minimum Gasteiger partial charge on any atom is -0.450 e. The van der Waals surface area contributed by atoms with Crippen LogP contribution in [-0.4, -0.2) is 35.8 Å². The van der Waals surface area contributed by atoms with Crippen molar-refractivity contribution < 1.29 is 23.0 Å². The summed E-state index contributed by atoms with van der Waals surface area (Å²) in [5, 5.41) is 5.80. The first-order chi connectivity index (χ1) is 14.8. The summed E-state index contributed by atoms with van der Waals surface area (Å²) in [6.07, 6.45) is 3.31. The molecule has 3 aromatic rings. The van der Waals surface area contributed by atoms with Crippen LogP contribution >= 0.6 is 0 Å². The molecule has 4 rings (SSSR count). The summed E-state index contributed by atoms with van der Waals surface area (Å²) in [7, 11) is 0. The van der Waals surface area contributed by atoms with Gasteiger partial charge in [-0.1, -0.05) is 20.8 Å². The van der Waals surface area contributed by atoms with Crippen molar-refractivity contribution in [2.75, 3.05) is 25.1 Å². The Bertz CT molecular complexity index is 1100. The molecule has 1 fully saturated rings. The number of pyridine rings is 1. The molecular weight excluding hydrogens is 406 g/mol. The third kappa shape index (κ3) is 4.32. The number of nitrogens with one attached hydrogen (secondary N) is 3. The maximum Gasteiger partial charge on any atom is 0.319 e. The molecule has 0 saturated carbocycles. The first-order valence-electron chi connectivity index (χ1n) is 10.0. The van der Waals surface area contributed by atoms with E-state index in [4.69, 9.17) is 9.47 Å². The highest BCUT2D eigenvalue weighted by atomic mass is 19.1. The molecule has 0 spiro atoms. The van der Waals surface area contributed by atoms with E-state index in [1.165, 1.54) is 6.20 Å². The van der Waals surface area contributed by atoms with Crippen molar-refractivity contribution in [1.82, 2.24) is 15.3 Å². The Morgan fingerprint density at radius 2 is 2.03 bits per heavy atom. The molecule has 0 aliphatic carbocycles. The lowest BCUT2D eigenvalue weighted by Crippen LogP contribution is -2.49. The van der Waals surface area contributed by atoms with Gasteiger partial charge in [0.1, 0.15) is 11.4 Å². The molecule has 2 aromatic heterocycles. The lowest BCUT2D eigenvalue weighted by atomic mass is 9.89. The van der Waals surface area contributed by atoms with Gasteiger partial charge in [-0.15, -0.1) is 0 Å². The highest BCUT2D eigenvalue weighted by Gasteiger charge is 2.33. The number of nitrogens with zero attached hydrogens (tertiary/aromatic N) is 1. The summed E-state index contributed by atoms with van der Waals surface area (Å²) in [5.41, 5.74) is 1.37. The van der Waals surface area contributed by atoms with Gasteiger partial charge in [-0.3, -0.25) is 0 Å².